The molecule has 3 heteroatoms. The average Bonchev–Trinajstić information content (AvgIpc) is 3.43. The number of aromatic nitrogens is 1. The molecule has 1 saturated heterocycles. The molecule has 0 amide bonds. The summed E-state index contributed by atoms with van der Waals surface area (Å²) in [5, 5.41) is 0. The summed E-state index contributed by atoms with van der Waals surface area (Å²) in [6.45, 7) is 6.16. The maximum absolute atomic E-state index is 6.17. The molecule has 0 bridgehead atoms. The molecule has 168 valence electrons. The Balaban J connectivity index is 1.24. The van der Waals surface area contributed by atoms with Crippen LogP contribution < -0.4 is 0 Å². The van der Waals surface area contributed by atoms with Gasteiger partial charge < -0.3 is 9.30 Å². The highest BCUT2D eigenvalue weighted by Crippen LogP contribution is 2.29. The van der Waals surface area contributed by atoms with E-state index in [1.165, 1.54) is 27.9 Å². The summed E-state index contributed by atoms with van der Waals surface area (Å²) in [6.07, 6.45) is 6.46. The Bertz CT molecular complexity index is 1160. The Morgan fingerprint density at radius 3 is 2.18 bits per heavy atom. The number of hydrogen-bond donors (Lipinski definition) is 0. The summed E-state index contributed by atoms with van der Waals surface area (Å²) >= 11 is 0. The van der Waals surface area contributed by atoms with Crippen LogP contribution in [-0.2, 0) is 17.6 Å². The lowest BCUT2D eigenvalue weighted by Gasteiger charge is -2.33. The second kappa shape index (κ2) is 9.38. The lowest BCUT2D eigenvalue weighted by atomic mass is 10.0. The van der Waals surface area contributed by atoms with Gasteiger partial charge in [0.25, 0.3) is 0 Å². The molecule has 3 aromatic carbocycles. The Morgan fingerprint density at radius 1 is 0.788 bits per heavy atom. The van der Waals surface area contributed by atoms with Crippen LogP contribution in [0.4, 0.5) is 0 Å². The van der Waals surface area contributed by atoms with E-state index >= 15 is 0 Å². The van der Waals surface area contributed by atoms with Gasteiger partial charge in [-0.25, -0.2) is 0 Å². The van der Waals surface area contributed by atoms with Crippen LogP contribution in [0.25, 0.3) is 16.8 Å². The molecular weight excluding hydrogens is 404 g/mol. The molecule has 2 heterocycles. The van der Waals surface area contributed by atoms with E-state index in [2.05, 4.69) is 127 Å². The summed E-state index contributed by atoms with van der Waals surface area (Å²) in [7, 11) is 0. The number of hydrogen-bond acceptors (Lipinski definition) is 2. The summed E-state index contributed by atoms with van der Waals surface area (Å²) in [5.41, 5.74) is 6.18. The Labute approximate surface area is 197 Å². The Hall–Kier alpha value is -3.14. The molecule has 1 aromatic heterocycles. The minimum atomic E-state index is -0.227. The zero-order valence-corrected chi connectivity index (χ0v) is 19.5. The monoisotopic (exact) mass is 436 g/mol. The highest BCUT2D eigenvalue weighted by Gasteiger charge is 2.39. The molecule has 33 heavy (non-hydrogen) atoms. The first-order valence-electron chi connectivity index (χ1n) is 11.9. The minimum Gasteiger partial charge on any atom is -0.359 e. The van der Waals surface area contributed by atoms with Crippen LogP contribution >= 0.6 is 0 Å². The van der Waals surface area contributed by atoms with Crippen molar-refractivity contribution in [2.75, 3.05) is 13.2 Å². The molecule has 0 saturated carbocycles. The van der Waals surface area contributed by atoms with Crippen molar-refractivity contribution >= 4 is 0 Å². The van der Waals surface area contributed by atoms with Crippen molar-refractivity contribution in [1.82, 2.24) is 9.47 Å². The normalized spacial score (nSPS) is 17.9. The van der Waals surface area contributed by atoms with Gasteiger partial charge in [-0.3, -0.25) is 4.90 Å². The highest BCUT2D eigenvalue weighted by molar-refractivity contribution is 5.64. The van der Waals surface area contributed by atoms with E-state index < -0.39 is 0 Å². The largest absolute Gasteiger partial charge is 0.359 e. The average molecular weight is 437 g/mol. The van der Waals surface area contributed by atoms with Gasteiger partial charge in [0.05, 0.1) is 6.61 Å². The topological polar surface area (TPSA) is 17.4 Å². The van der Waals surface area contributed by atoms with Gasteiger partial charge in [0.1, 0.15) is 5.72 Å². The third-order valence-electron chi connectivity index (χ3n) is 6.74. The summed E-state index contributed by atoms with van der Waals surface area (Å²) in [6, 6.07) is 32.7. The van der Waals surface area contributed by atoms with Crippen LogP contribution in [0.15, 0.2) is 103 Å². The second-order valence-electron chi connectivity index (χ2n) is 9.38. The molecule has 1 aliphatic heterocycles. The molecule has 0 spiro atoms. The molecule has 1 fully saturated rings. The van der Waals surface area contributed by atoms with E-state index in [4.69, 9.17) is 4.74 Å². The van der Waals surface area contributed by atoms with Crippen LogP contribution in [0.5, 0.6) is 0 Å². The van der Waals surface area contributed by atoms with Crippen LogP contribution in [0, 0.1) is 0 Å². The summed E-state index contributed by atoms with van der Waals surface area (Å²) < 4.78 is 8.39. The molecule has 0 radical (unpaired) electrons. The van der Waals surface area contributed by atoms with E-state index in [1.54, 1.807) is 0 Å². The van der Waals surface area contributed by atoms with Gasteiger partial charge in [0.2, 0.25) is 0 Å². The first-order chi connectivity index (χ1) is 16.1. The van der Waals surface area contributed by atoms with Crippen LogP contribution in [-0.4, -0.2) is 34.4 Å². The SMILES string of the molecule is CC1(C)OC[C@H](Cc2ccccc2)N1CCc1ccn(-c2ccc(-c3ccccc3)cc2)c1. The predicted molar refractivity (Wildman–Crippen MR) is 136 cm³/mol. The molecule has 0 N–H and O–H groups in total. The van der Waals surface area contributed by atoms with Crippen molar-refractivity contribution in [1.29, 1.82) is 0 Å². The molecule has 0 unspecified atom stereocenters. The molecule has 4 aromatic rings. The first-order valence-corrected chi connectivity index (χ1v) is 11.9. The third-order valence-corrected chi connectivity index (χ3v) is 6.74. The van der Waals surface area contributed by atoms with Gasteiger partial charge in [-0.1, -0.05) is 72.8 Å². The molecule has 5 rings (SSSR count). The highest BCUT2D eigenvalue weighted by atomic mass is 16.5. The van der Waals surface area contributed by atoms with Crippen molar-refractivity contribution in [3.63, 3.8) is 0 Å². The van der Waals surface area contributed by atoms with Gasteiger partial charge in [0.15, 0.2) is 0 Å². The van der Waals surface area contributed by atoms with Gasteiger partial charge >= 0.3 is 0 Å². The number of ether oxygens (including phenoxy) is 1. The maximum atomic E-state index is 6.17. The number of rotatable bonds is 7. The number of nitrogens with zero attached hydrogens (tertiary/aromatic N) is 2. The smallest absolute Gasteiger partial charge is 0.116 e. The molecule has 3 nitrogen and oxygen atoms in total. The quantitative estimate of drug-likeness (QED) is 0.335. The fourth-order valence-corrected chi connectivity index (χ4v) is 4.88. The molecule has 1 atom stereocenters. The van der Waals surface area contributed by atoms with Crippen LogP contribution in [0.2, 0.25) is 0 Å². The van der Waals surface area contributed by atoms with E-state index in [9.17, 15) is 0 Å². The van der Waals surface area contributed by atoms with Crippen molar-refractivity contribution in [3.8, 4) is 16.8 Å². The van der Waals surface area contributed by atoms with Crippen LogP contribution in [0.1, 0.15) is 25.0 Å². The van der Waals surface area contributed by atoms with Gasteiger partial charge in [-0.15, -0.1) is 0 Å². The third kappa shape index (κ3) is 4.95. The van der Waals surface area contributed by atoms with E-state index in [0.717, 1.165) is 26.0 Å². The minimum absolute atomic E-state index is 0.227. The Kier molecular flexibility index (Phi) is 6.17. The lowest BCUT2D eigenvalue weighted by Crippen LogP contribution is -2.45. The lowest BCUT2D eigenvalue weighted by molar-refractivity contribution is -0.0528. The first kappa shape index (κ1) is 21.7. The van der Waals surface area contributed by atoms with Crippen molar-refractivity contribution in [2.24, 2.45) is 0 Å². The molecule has 0 aliphatic carbocycles. The molecule has 1 aliphatic rings. The zero-order chi connectivity index (χ0) is 22.7. The fraction of sp³-hybridized carbons (Fsp3) is 0.267. The standard InChI is InChI=1S/C30H32N2O/c1-30(2)32(29(23-33-30)21-24-9-5-3-6-10-24)20-18-25-17-19-31(22-25)28-15-13-27(14-16-28)26-11-7-4-8-12-26/h3-17,19,22,29H,18,20-21,23H2,1-2H3/t29-/m0/s1. The van der Waals surface area contributed by atoms with E-state index in [-0.39, 0.29) is 5.72 Å². The predicted octanol–water partition coefficient (Wildman–Crippen LogP) is 6.37. The number of benzene rings is 3. The fourth-order valence-electron chi connectivity index (χ4n) is 4.88. The van der Waals surface area contributed by atoms with Gasteiger partial charge in [-0.05, 0) is 67.1 Å². The van der Waals surface area contributed by atoms with Gasteiger partial charge in [0, 0.05) is 30.7 Å². The summed E-state index contributed by atoms with van der Waals surface area (Å²) in [5.74, 6) is 0. The van der Waals surface area contributed by atoms with E-state index in [0.29, 0.717) is 6.04 Å². The molecular formula is C30H32N2O. The maximum Gasteiger partial charge on any atom is 0.116 e. The van der Waals surface area contributed by atoms with Crippen LogP contribution in [0.3, 0.4) is 0 Å². The Morgan fingerprint density at radius 2 is 1.45 bits per heavy atom. The van der Waals surface area contributed by atoms with E-state index in [1.807, 2.05) is 0 Å². The van der Waals surface area contributed by atoms with Crippen molar-refractivity contribution in [2.45, 2.75) is 38.5 Å². The second-order valence-corrected chi connectivity index (χ2v) is 9.38. The van der Waals surface area contributed by atoms with Gasteiger partial charge in [-0.2, -0.15) is 0 Å². The van der Waals surface area contributed by atoms with Crippen molar-refractivity contribution in [3.05, 3.63) is 115 Å². The zero-order valence-electron chi connectivity index (χ0n) is 19.5. The van der Waals surface area contributed by atoms with Crippen molar-refractivity contribution < 1.29 is 4.74 Å². The summed E-state index contributed by atoms with van der Waals surface area (Å²) in [4.78, 5) is 2.53.